The highest BCUT2D eigenvalue weighted by atomic mass is 35.5. The lowest BCUT2D eigenvalue weighted by atomic mass is 10.1. The molecule has 0 atom stereocenters. The molecule has 2 nitrogen and oxygen atoms in total. The molecule has 2 N–H and O–H groups in total. The molecule has 0 aromatic heterocycles. The van der Waals surface area contributed by atoms with Crippen molar-refractivity contribution >= 4 is 23.2 Å². The fourth-order valence-electron chi connectivity index (χ4n) is 1.88. The number of aryl methyl sites for hydroxylation is 2. The summed E-state index contributed by atoms with van der Waals surface area (Å²) in [4.78, 5) is 0. The summed E-state index contributed by atoms with van der Waals surface area (Å²) in [6.45, 7) is 4.30. The first kappa shape index (κ1) is 14.2. The molecule has 0 fully saturated rings. The molecule has 0 aliphatic heterocycles. The van der Waals surface area contributed by atoms with Gasteiger partial charge in [-0.25, -0.2) is 0 Å². The zero-order valence-corrected chi connectivity index (χ0v) is 12.3. The van der Waals surface area contributed by atoms with Crippen molar-refractivity contribution in [3.05, 3.63) is 57.1 Å². The van der Waals surface area contributed by atoms with Crippen molar-refractivity contribution in [2.24, 2.45) is 5.73 Å². The van der Waals surface area contributed by atoms with Gasteiger partial charge in [0, 0.05) is 22.2 Å². The average molecular weight is 296 g/mol. The Bertz CT molecular complexity index is 588. The van der Waals surface area contributed by atoms with Crippen LogP contribution >= 0.6 is 23.2 Å². The Morgan fingerprint density at radius 3 is 2.26 bits per heavy atom. The molecule has 0 spiro atoms. The van der Waals surface area contributed by atoms with Crippen LogP contribution in [0.25, 0.3) is 0 Å². The van der Waals surface area contributed by atoms with Crippen molar-refractivity contribution in [3.63, 3.8) is 0 Å². The van der Waals surface area contributed by atoms with Gasteiger partial charge in [0.2, 0.25) is 0 Å². The second-order valence-corrected chi connectivity index (χ2v) is 5.24. The second-order valence-electron chi connectivity index (χ2n) is 4.43. The van der Waals surface area contributed by atoms with Crippen molar-refractivity contribution in [2.45, 2.75) is 20.4 Å². The quantitative estimate of drug-likeness (QED) is 0.877. The van der Waals surface area contributed by atoms with Gasteiger partial charge in [0.05, 0.1) is 0 Å². The van der Waals surface area contributed by atoms with E-state index in [-0.39, 0.29) is 0 Å². The van der Waals surface area contributed by atoms with Crippen molar-refractivity contribution < 1.29 is 4.74 Å². The number of hydrogen-bond acceptors (Lipinski definition) is 2. The first-order valence-electron chi connectivity index (χ1n) is 5.94. The second kappa shape index (κ2) is 5.83. The summed E-state index contributed by atoms with van der Waals surface area (Å²) >= 11 is 12.1. The van der Waals surface area contributed by atoms with E-state index in [4.69, 9.17) is 33.7 Å². The van der Waals surface area contributed by atoms with Gasteiger partial charge in [-0.2, -0.15) is 0 Å². The van der Waals surface area contributed by atoms with Gasteiger partial charge in [0.15, 0.2) is 0 Å². The van der Waals surface area contributed by atoms with Gasteiger partial charge < -0.3 is 10.5 Å². The molecule has 0 bridgehead atoms. The fourth-order valence-corrected chi connectivity index (χ4v) is 2.16. The molecule has 0 saturated carbocycles. The Balaban J connectivity index is 2.38. The maximum atomic E-state index is 6.14. The van der Waals surface area contributed by atoms with Crippen LogP contribution in [0.3, 0.4) is 0 Å². The van der Waals surface area contributed by atoms with E-state index in [2.05, 4.69) is 0 Å². The van der Waals surface area contributed by atoms with Crippen LogP contribution < -0.4 is 10.5 Å². The molecule has 0 amide bonds. The Morgan fingerprint density at radius 2 is 1.68 bits per heavy atom. The lowest BCUT2D eigenvalue weighted by Crippen LogP contribution is -1.99. The average Bonchev–Trinajstić information content (AvgIpc) is 2.36. The van der Waals surface area contributed by atoms with Gasteiger partial charge in [-0.3, -0.25) is 0 Å². The number of nitrogens with two attached hydrogens (primary N) is 1. The Labute approximate surface area is 123 Å². The predicted molar refractivity (Wildman–Crippen MR) is 80.3 cm³/mol. The van der Waals surface area contributed by atoms with Crippen LogP contribution in [0.15, 0.2) is 30.3 Å². The van der Waals surface area contributed by atoms with E-state index in [1.165, 1.54) is 0 Å². The van der Waals surface area contributed by atoms with Crippen LogP contribution in [-0.2, 0) is 6.54 Å². The molecule has 19 heavy (non-hydrogen) atoms. The van der Waals surface area contributed by atoms with Crippen LogP contribution in [0.5, 0.6) is 11.5 Å². The number of rotatable bonds is 3. The van der Waals surface area contributed by atoms with Gasteiger partial charge in [-0.05, 0) is 49.2 Å². The summed E-state index contributed by atoms with van der Waals surface area (Å²) in [6.07, 6.45) is 0. The van der Waals surface area contributed by atoms with E-state index in [9.17, 15) is 0 Å². The molecule has 0 aliphatic rings. The van der Waals surface area contributed by atoms with E-state index in [1.54, 1.807) is 12.1 Å². The number of halogens is 2. The monoisotopic (exact) mass is 295 g/mol. The number of ether oxygens (including phenoxy) is 1. The topological polar surface area (TPSA) is 35.2 Å². The highest BCUT2D eigenvalue weighted by Gasteiger charge is 2.08. The minimum atomic E-state index is 0.401. The molecule has 0 heterocycles. The molecule has 0 saturated heterocycles. The zero-order chi connectivity index (χ0) is 14.0. The molecular formula is C15H15Cl2NO. The van der Waals surface area contributed by atoms with Crippen LogP contribution in [-0.4, -0.2) is 0 Å². The number of benzene rings is 2. The van der Waals surface area contributed by atoms with E-state index in [0.29, 0.717) is 17.3 Å². The summed E-state index contributed by atoms with van der Waals surface area (Å²) in [5.74, 6) is 1.41. The summed E-state index contributed by atoms with van der Waals surface area (Å²) in [6, 6.07) is 9.23. The zero-order valence-electron chi connectivity index (χ0n) is 10.8. The van der Waals surface area contributed by atoms with Gasteiger partial charge >= 0.3 is 0 Å². The normalized spacial score (nSPS) is 10.6. The minimum Gasteiger partial charge on any atom is -0.457 e. The standard InChI is InChI=1S/C15H15Cl2NO/c1-9-5-13(6-10(2)15(9)17)19-14-7-12(16)4-3-11(14)8-18/h3-7H,8,18H2,1-2H3. The lowest BCUT2D eigenvalue weighted by Gasteiger charge is -2.12. The van der Waals surface area contributed by atoms with E-state index in [1.807, 2.05) is 32.0 Å². The summed E-state index contributed by atoms with van der Waals surface area (Å²) in [7, 11) is 0. The third-order valence-electron chi connectivity index (χ3n) is 2.89. The third-order valence-corrected chi connectivity index (χ3v) is 3.72. The molecule has 4 heteroatoms. The van der Waals surface area contributed by atoms with E-state index >= 15 is 0 Å². The molecule has 2 aromatic rings. The van der Waals surface area contributed by atoms with Gasteiger partial charge in [0.1, 0.15) is 11.5 Å². The number of hydrogen-bond donors (Lipinski definition) is 1. The first-order chi connectivity index (χ1) is 9.01. The predicted octanol–water partition coefficient (Wildman–Crippen LogP) is 4.86. The Hall–Kier alpha value is -1.22. The summed E-state index contributed by atoms with van der Waals surface area (Å²) < 4.78 is 5.87. The van der Waals surface area contributed by atoms with Gasteiger partial charge in [-0.15, -0.1) is 0 Å². The van der Waals surface area contributed by atoms with Crippen LogP contribution in [0.4, 0.5) is 0 Å². The minimum absolute atomic E-state index is 0.401. The van der Waals surface area contributed by atoms with E-state index < -0.39 is 0 Å². The van der Waals surface area contributed by atoms with Crippen molar-refractivity contribution in [1.29, 1.82) is 0 Å². The summed E-state index contributed by atoms with van der Waals surface area (Å²) in [5, 5.41) is 1.38. The van der Waals surface area contributed by atoms with Crippen LogP contribution in [0, 0.1) is 13.8 Å². The molecule has 2 aromatic carbocycles. The van der Waals surface area contributed by atoms with Crippen LogP contribution in [0.2, 0.25) is 10.0 Å². The first-order valence-corrected chi connectivity index (χ1v) is 6.70. The maximum Gasteiger partial charge on any atom is 0.133 e. The highest BCUT2D eigenvalue weighted by Crippen LogP contribution is 2.32. The smallest absolute Gasteiger partial charge is 0.133 e. The highest BCUT2D eigenvalue weighted by molar-refractivity contribution is 6.32. The van der Waals surface area contributed by atoms with Gasteiger partial charge in [0.25, 0.3) is 0 Å². The van der Waals surface area contributed by atoms with Crippen molar-refractivity contribution in [1.82, 2.24) is 0 Å². The van der Waals surface area contributed by atoms with E-state index in [0.717, 1.165) is 27.5 Å². The Morgan fingerprint density at radius 1 is 1.05 bits per heavy atom. The Kier molecular flexibility index (Phi) is 4.35. The molecule has 2 rings (SSSR count). The third kappa shape index (κ3) is 3.21. The molecule has 100 valence electrons. The van der Waals surface area contributed by atoms with Crippen LogP contribution in [0.1, 0.15) is 16.7 Å². The lowest BCUT2D eigenvalue weighted by molar-refractivity contribution is 0.475. The molecule has 0 radical (unpaired) electrons. The van der Waals surface area contributed by atoms with Crippen molar-refractivity contribution in [2.75, 3.05) is 0 Å². The van der Waals surface area contributed by atoms with Crippen molar-refractivity contribution in [3.8, 4) is 11.5 Å². The van der Waals surface area contributed by atoms with Gasteiger partial charge in [-0.1, -0.05) is 29.3 Å². The molecular weight excluding hydrogens is 281 g/mol. The largest absolute Gasteiger partial charge is 0.457 e. The molecule has 0 unspecified atom stereocenters. The fraction of sp³-hybridized carbons (Fsp3) is 0.200. The molecule has 0 aliphatic carbocycles. The SMILES string of the molecule is Cc1cc(Oc2cc(Cl)ccc2CN)cc(C)c1Cl. The summed E-state index contributed by atoms with van der Waals surface area (Å²) in [5.41, 5.74) is 8.57. The maximum absolute atomic E-state index is 6.14.